The Balaban J connectivity index is 1.92. The van der Waals surface area contributed by atoms with Gasteiger partial charge in [-0.05, 0) is 41.7 Å². The molecule has 0 spiro atoms. The van der Waals surface area contributed by atoms with Gasteiger partial charge < -0.3 is 5.32 Å². The highest BCUT2D eigenvalue weighted by molar-refractivity contribution is 9.10. The van der Waals surface area contributed by atoms with E-state index in [-0.39, 0.29) is 11.3 Å². The minimum Gasteiger partial charge on any atom is -0.351 e. The van der Waals surface area contributed by atoms with Crippen molar-refractivity contribution in [3.63, 3.8) is 0 Å². The molecule has 0 aliphatic heterocycles. The van der Waals surface area contributed by atoms with Gasteiger partial charge in [0.25, 0.3) is 5.91 Å². The minimum absolute atomic E-state index is 0.0122. The monoisotopic (exact) mass is 345 g/mol. The van der Waals surface area contributed by atoms with Crippen molar-refractivity contribution in [2.75, 3.05) is 6.54 Å². The third kappa shape index (κ3) is 5.01. The largest absolute Gasteiger partial charge is 0.351 e. The summed E-state index contributed by atoms with van der Waals surface area (Å²) in [5.41, 5.74) is 1.99. The summed E-state index contributed by atoms with van der Waals surface area (Å²) in [6.45, 7) is 4.98. The third-order valence-electron chi connectivity index (χ3n) is 3.36. The molecule has 0 fully saturated rings. The lowest BCUT2D eigenvalue weighted by atomic mass is 9.85. The Bertz CT molecular complexity index is 590. The van der Waals surface area contributed by atoms with E-state index in [9.17, 15) is 4.79 Å². The van der Waals surface area contributed by atoms with E-state index in [1.54, 1.807) is 0 Å². The van der Waals surface area contributed by atoms with Crippen LogP contribution in [0, 0.1) is 5.41 Å². The van der Waals surface area contributed by atoms with Crippen molar-refractivity contribution in [1.82, 2.24) is 5.32 Å². The predicted octanol–water partition coefficient (Wildman–Crippen LogP) is 4.45. The van der Waals surface area contributed by atoms with Gasteiger partial charge in [0.15, 0.2) is 0 Å². The fourth-order valence-electron chi connectivity index (χ4n) is 2.23. The van der Waals surface area contributed by atoms with Crippen LogP contribution in [0.4, 0.5) is 0 Å². The zero-order valence-electron chi connectivity index (χ0n) is 12.4. The highest BCUT2D eigenvalue weighted by Crippen LogP contribution is 2.22. The molecule has 2 rings (SSSR count). The molecule has 21 heavy (non-hydrogen) atoms. The lowest BCUT2D eigenvalue weighted by Gasteiger charge is -2.25. The number of carbonyl (C=O) groups is 1. The molecule has 2 aromatic rings. The molecule has 110 valence electrons. The maximum absolute atomic E-state index is 12.1. The lowest BCUT2D eigenvalue weighted by molar-refractivity contribution is 0.0936. The molecule has 0 heterocycles. The van der Waals surface area contributed by atoms with Gasteiger partial charge >= 0.3 is 0 Å². The highest BCUT2D eigenvalue weighted by atomic mass is 79.9. The molecule has 3 heteroatoms. The quantitative estimate of drug-likeness (QED) is 0.852. The Morgan fingerprint density at radius 1 is 1.05 bits per heavy atom. The second-order valence-corrected chi connectivity index (χ2v) is 6.93. The van der Waals surface area contributed by atoms with Crippen LogP contribution in [0.2, 0.25) is 0 Å². The molecule has 0 aromatic heterocycles. The highest BCUT2D eigenvalue weighted by Gasteiger charge is 2.19. The van der Waals surface area contributed by atoms with Gasteiger partial charge in [-0.3, -0.25) is 4.79 Å². The SMILES string of the molecule is CC(C)(CNC(=O)c1ccccc1)Cc1ccc(Br)cc1. The Kier molecular flexibility index (Phi) is 5.18. The second-order valence-electron chi connectivity index (χ2n) is 6.02. The molecule has 0 unspecified atom stereocenters. The number of rotatable bonds is 5. The summed E-state index contributed by atoms with van der Waals surface area (Å²) in [7, 11) is 0. The average molecular weight is 346 g/mol. The molecule has 1 N–H and O–H groups in total. The van der Waals surface area contributed by atoms with Gasteiger partial charge in [0.2, 0.25) is 0 Å². The Morgan fingerprint density at radius 2 is 1.67 bits per heavy atom. The molecular formula is C18H20BrNO. The standard InChI is InChI=1S/C18H20BrNO/c1-18(2,12-14-8-10-16(19)11-9-14)13-20-17(21)15-6-4-3-5-7-15/h3-11H,12-13H2,1-2H3,(H,20,21). The summed E-state index contributed by atoms with van der Waals surface area (Å²) >= 11 is 3.44. The first-order chi connectivity index (χ1) is 9.96. The second kappa shape index (κ2) is 6.90. The summed E-state index contributed by atoms with van der Waals surface area (Å²) in [5, 5.41) is 3.02. The first-order valence-electron chi connectivity index (χ1n) is 7.04. The van der Waals surface area contributed by atoms with Gasteiger partial charge in [-0.1, -0.05) is 60.1 Å². The third-order valence-corrected chi connectivity index (χ3v) is 3.89. The van der Waals surface area contributed by atoms with Crippen LogP contribution in [-0.2, 0) is 6.42 Å². The van der Waals surface area contributed by atoms with Crippen LogP contribution in [0.15, 0.2) is 59.1 Å². The zero-order valence-corrected chi connectivity index (χ0v) is 14.0. The molecule has 0 bridgehead atoms. The number of halogens is 1. The van der Waals surface area contributed by atoms with Crippen molar-refractivity contribution in [3.8, 4) is 0 Å². The van der Waals surface area contributed by atoms with Crippen molar-refractivity contribution < 1.29 is 4.79 Å². The summed E-state index contributed by atoms with van der Waals surface area (Å²) in [5.74, 6) is -0.0144. The fourth-order valence-corrected chi connectivity index (χ4v) is 2.49. The van der Waals surface area contributed by atoms with Gasteiger partial charge in [-0.2, -0.15) is 0 Å². The van der Waals surface area contributed by atoms with Crippen LogP contribution >= 0.6 is 15.9 Å². The Labute approximate surface area is 134 Å². The van der Waals surface area contributed by atoms with Crippen LogP contribution in [0.5, 0.6) is 0 Å². The molecule has 1 amide bonds. The van der Waals surface area contributed by atoms with Crippen LogP contribution in [-0.4, -0.2) is 12.5 Å². The van der Waals surface area contributed by atoms with Crippen molar-refractivity contribution in [3.05, 3.63) is 70.2 Å². The summed E-state index contributed by atoms with van der Waals surface area (Å²) < 4.78 is 1.08. The molecule has 0 aliphatic rings. The molecule has 2 nitrogen and oxygen atoms in total. The predicted molar refractivity (Wildman–Crippen MR) is 90.4 cm³/mol. The smallest absolute Gasteiger partial charge is 0.251 e. The van der Waals surface area contributed by atoms with Crippen LogP contribution < -0.4 is 5.32 Å². The fraction of sp³-hybridized carbons (Fsp3) is 0.278. The molecule has 0 saturated heterocycles. The van der Waals surface area contributed by atoms with Crippen molar-refractivity contribution in [2.45, 2.75) is 20.3 Å². The van der Waals surface area contributed by atoms with Gasteiger partial charge in [0, 0.05) is 16.6 Å². The minimum atomic E-state index is -0.0144. The summed E-state index contributed by atoms with van der Waals surface area (Å²) in [6.07, 6.45) is 0.926. The van der Waals surface area contributed by atoms with Gasteiger partial charge in [0.05, 0.1) is 0 Å². The first kappa shape index (κ1) is 15.8. The Morgan fingerprint density at radius 3 is 2.29 bits per heavy atom. The van der Waals surface area contributed by atoms with Gasteiger partial charge in [-0.15, -0.1) is 0 Å². The Hall–Kier alpha value is -1.61. The van der Waals surface area contributed by atoms with E-state index >= 15 is 0 Å². The number of amides is 1. The van der Waals surface area contributed by atoms with E-state index in [1.165, 1.54) is 5.56 Å². The van der Waals surface area contributed by atoms with Crippen LogP contribution in [0.25, 0.3) is 0 Å². The van der Waals surface area contributed by atoms with E-state index in [0.717, 1.165) is 10.9 Å². The van der Waals surface area contributed by atoms with Crippen LogP contribution in [0.1, 0.15) is 29.8 Å². The molecule has 0 atom stereocenters. The maximum Gasteiger partial charge on any atom is 0.251 e. The normalized spacial score (nSPS) is 11.2. The number of hydrogen-bond donors (Lipinski definition) is 1. The zero-order chi connectivity index (χ0) is 15.3. The van der Waals surface area contributed by atoms with E-state index in [4.69, 9.17) is 0 Å². The number of benzene rings is 2. The molecule has 0 aliphatic carbocycles. The molecule has 0 saturated carbocycles. The lowest BCUT2D eigenvalue weighted by Crippen LogP contribution is -2.35. The van der Waals surface area contributed by atoms with E-state index < -0.39 is 0 Å². The van der Waals surface area contributed by atoms with Crippen LogP contribution in [0.3, 0.4) is 0 Å². The van der Waals surface area contributed by atoms with Gasteiger partial charge in [-0.25, -0.2) is 0 Å². The van der Waals surface area contributed by atoms with Crippen molar-refractivity contribution >= 4 is 21.8 Å². The van der Waals surface area contributed by atoms with E-state index in [2.05, 4.69) is 47.2 Å². The summed E-state index contributed by atoms with van der Waals surface area (Å²) in [4.78, 5) is 12.1. The molecule has 2 aromatic carbocycles. The molecular weight excluding hydrogens is 326 g/mol. The van der Waals surface area contributed by atoms with Crippen molar-refractivity contribution in [1.29, 1.82) is 0 Å². The van der Waals surface area contributed by atoms with Crippen molar-refractivity contribution in [2.24, 2.45) is 5.41 Å². The maximum atomic E-state index is 12.1. The van der Waals surface area contributed by atoms with Gasteiger partial charge in [0.1, 0.15) is 0 Å². The van der Waals surface area contributed by atoms with E-state index in [0.29, 0.717) is 12.1 Å². The average Bonchev–Trinajstić information content (AvgIpc) is 2.48. The number of carbonyl (C=O) groups excluding carboxylic acids is 1. The summed E-state index contributed by atoms with van der Waals surface area (Å²) in [6, 6.07) is 17.7. The molecule has 0 radical (unpaired) electrons. The van der Waals surface area contributed by atoms with E-state index in [1.807, 2.05) is 42.5 Å². The number of hydrogen-bond acceptors (Lipinski definition) is 1. The topological polar surface area (TPSA) is 29.1 Å². The number of nitrogens with one attached hydrogen (secondary N) is 1. The first-order valence-corrected chi connectivity index (χ1v) is 7.83.